The molecule has 0 aliphatic heterocycles. The lowest BCUT2D eigenvalue weighted by atomic mass is 9.89. The van der Waals surface area contributed by atoms with Crippen molar-refractivity contribution in [1.29, 1.82) is 0 Å². The van der Waals surface area contributed by atoms with Crippen LogP contribution in [0.15, 0.2) is 35.3 Å². The van der Waals surface area contributed by atoms with E-state index in [4.69, 9.17) is 9.47 Å². The number of benzene rings is 1. The first-order valence-corrected chi connectivity index (χ1v) is 8.05. The van der Waals surface area contributed by atoms with E-state index < -0.39 is 0 Å². The highest BCUT2D eigenvalue weighted by Crippen LogP contribution is 2.20. The van der Waals surface area contributed by atoms with Gasteiger partial charge in [-0.2, -0.15) is 0 Å². The smallest absolute Gasteiger partial charge is 0.191 e. The molecule has 0 saturated heterocycles. The maximum absolute atomic E-state index is 5.84. The fraction of sp³-hybridized carbons (Fsp3) is 0.611. The molecule has 0 fully saturated rings. The Morgan fingerprint density at radius 1 is 1.12 bits per heavy atom. The lowest BCUT2D eigenvalue weighted by Crippen LogP contribution is -2.47. The maximum atomic E-state index is 5.84. The fourth-order valence-corrected chi connectivity index (χ4v) is 2.17. The molecule has 0 bridgehead atoms. The van der Waals surface area contributed by atoms with Crippen LogP contribution >= 0.6 is 24.0 Å². The van der Waals surface area contributed by atoms with Gasteiger partial charge in [0.2, 0.25) is 0 Å². The number of aliphatic imine (C=N–C) groups is 1. The SMILES string of the molecule is CN=C(NCC(C)Oc1ccccc1)NCC(OC)C(C)(C)C.I. The van der Waals surface area contributed by atoms with E-state index in [0.29, 0.717) is 13.1 Å². The van der Waals surface area contributed by atoms with Crippen LogP contribution in [0.2, 0.25) is 0 Å². The Labute approximate surface area is 163 Å². The molecule has 0 aliphatic carbocycles. The third-order valence-corrected chi connectivity index (χ3v) is 3.57. The quantitative estimate of drug-likeness (QED) is 0.381. The summed E-state index contributed by atoms with van der Waals surface area (Å²) < 4.78 is 11.4. The zero-order chi connectivity index (χ0) is 17.3. The Balaban J connectivity index is 0.00000529. The van der Waals surface area contributed by atoms with Crippen LogP contribution in [0.1, 0.15) is 27.7 Å². The van der Waals surface area contributed by atoms with Gasteiger partial charge in [-0.3, -0.25) is 4.99 Å². The number of nitrogens with one attached hydrogen (secondary N) is 2. The van der Waals surface area contributed by atoms with E-state index in [1.54, 1.807) is 14.2 Å². The van der Waals surface area contributed by atoms with Crippen molar-refractivity contribution in [1.82, 2.24) is 10.6 Å². The van der Waals surface area contributed by atoms with Gasteiger partial charge in [0, 0.05) is 20.7 Å². The maximum Gasteiger partial charge on any atom is 0.191 e. The van der Waals surface area contributed by atoms with Gasteiger partial charge in [0.1, 0.15) is 11.9 Å². The number of guanidine groups is 1. The summed E-state index contributed by atoms with van der Waals surface area (Å²) in [5, 5.41) is 6.58. The van der Waals surface area contributed by atoms with Crippen molar-refractivity contribution >= 4 is 29.9 Å². The van der Waals surface area contributed by atoms with Crippen molar-refractivity contribution in [2.45, 2.75) is 39.9 Å². The minimum Gasteiger partial charge on any atom is -0.489 e. The molecule has 1 rings (SSSR count). The van der Waals surface area contributed by atoms with E-state index >= 15 is 0 Å². The van der Waals surface area contributed by atoms with Crippen LogP contribution in [0.4, 0.5) is 0 Å². The van der Waals surface area contributed by atoms with Crippen LogP contribution in [0.25, 0.3) is 0 Å². The number of hydrogen-bond acceptors (Lipinski definition) is 3. The molecule has 24 heavy (non-hydrogen) atoms. The monoisotopic (exact) mass is 449 g/mol. The van der Waals surface area contributed by atoms with Crippen molar-refractivity contribution in [3.63, 3.8) is 0 Å². The standard InChI is InChI=1S/C18H31N3O2.HI/c1-14(23-15-10-8-7-9-11-15)12-20-17(19-5)21-13-16(22-6)18(2,3)4;/h7-11,14,16H,12-13H2,1-6H3,(H2,19,20,21);1H. The predicted molar refractivity (Wildman–Crippen MR) is 112 cm³/mol. The molecule has 0 aromatic heterocycles. The second-order valence-corrected chi connectivity index (χ2v) is 6.67. The van der Waals surface area contributed by atoms with Gasteiger partial charge in [-0.15, -0.1) is 24.0 Å². The van der Waals surface area contributed by atoms with Gasteiger partial charge in [-0.25, -0.2) is 0 Å². The number of ether oxygens (including phenoxy) is 2. The molecule has 5 nitrogen and oxygen atoms in total. The normalized spacial score (nSPS) is 14.3. The molecule has 2 unspecified atom stereocenters. The lowest BCUT2D eigenvalue weighted by Gasteiger charge is -2.30. The minimum absolute atomic E-state index is 0. The van der Waals surface area contributed by atoms with Crippen molar-refractivity contribution in [2.75, 3.05) is 27.2 Å². The van der Waals surface area contributed by atoms with Crippen molar-refractivity contribution in [3.05, 3.63) is 30.3 Å². The van der Waals surface area contributed by atoms with E-state index in [1.165, 1.54) is 0 Å². The molecule has 0 amide bonds. The third-order valence-electron chi connectivity index (χ3n) is 3.57. The molecule has 6 heteroatoms. The zero-order valence-corrected chi connectivity index (χ0v) is 18.0. The molecule has 0 saturated carbocycles. The number of hydrogen-bond donors (Lipinski definition) is 2. The van der Waals surface area contributed by atoms with Crippen LogP contribution in [0.5, 0.6) is 5.75 Å². The molecular weight excluding hydrogens is 417 g/mol. The lowest BCUT2D eigenvalue weighted by molar-refractivity contribution is 0.0205. The second kappa shape index (κ2) is 11.5. The molecule has 0 spiro atoms. The number of nitrogens with zero attached hydrogens (tertiary/aromatic N) is 1. The van der Waals surface area contributed by atoms with Crippen molar-refractivity contribution in [3.8, 4) is 5.75 Å². The molecule has 0 heterocycles. The molecule has 0 radical (unpaired) electrons. The fourth-order valence-electron chi connectivity index (χ4n) is 2.17. The van der Waals surface area contributed by atoms with Gasteiger partial charge in [0.05, 0.1) is 12.6 Å². The average molecular weight is 449 g/mol. The van der Waals surface area contributed by atoms with E-state index in [2.05, 4.69) is 36.4 Å². The van der Waals surface area contributed by atoms with Gasteiger partial charge in [0.15, 0.2) is 5.96 Å². The Morgan fingerprint density at radius 3 is 2.21 bits per heavy atom. The van der Waals surface area contributed by atoms with E-state index in [0.717, 1.165) is 11.7 Å². The highest BCUT2D eigenvalue weighted by molar-refractivity contribution is 14.0. The van der Waals surface area contributed by atoms with Crippen LogP contribution in [0, 0.1) is 5.41 Å². The molecule has 2 atom stereocenters. The summed E-state index contributed by atoms with van der Waals surface area (Å²) in [5.74, 6) is 1.62. The van der Waals surface area contributed by atoms with Gasteiger partial charge in [-0.1, -0.05) is 39.0 Å². The second-order valence-electron chi connectivity index (χ2n) is 6.67. The molecule has 1 aromatic rings. The van der Waals surface area contributed by atoms with Crippen molar-refractivity contribution < 1.29 is 9.47 Å². The average Bonchev–Trinajstić information content (AvgIpc) is 2.50. The Bertz CT molecular complexity index is 475. The summed E-state index contributed by atoms with van der Waals surface area (Å²) in [5.41, 5.74) is 0.0737. The first kappa shape index (κ1) is 23.0. The van der Waals surface area contributed by atoms with Crippen LogP contribution in [0.3, 0.4) is 0 Å². The first-order chi connectivity index (χ1) is 10.9. The Hall–Kier alpha value is -1.02. The van der Waals surface area contributed by atoms with Crippen LogP contribution in [-0.2, 0) is 4.74 Å². The zero-order valence-electron chi connectivity index (χ0n) is 15.6. The highest BCUT2D eigenvalue weighted by atomic mass is 127. The van der Waals surface area contributed by atoms with Gasteiger partial charge in [-0.05, 0) is 24.5 Å². The predicted octanol–water partition coefficient (Wildman–Crippen LogP) is 3.30. The molecular formula is C18H32IN3O2. The Morgan fingerprint density at radius 2 is 1.71 bits per heavy atom. The van der Waals surface area contributed by atoms with E-state index in [9.17, 15) is 0 Å². The number of para-hydroxylation sites is 1. The molecule has 138 valence electrons. The highest BCUT2D eigenvalue weighted by Gasteiger charge is 2.24. The van der Waals surface area contributed by atoms with Crippen LogP contribution in [-0.4, -0.2) is 45.4 Å². The summed E-state index contributed by atoms with van der Waals surface area (Å²) in [7, 11) is 3.50. The number of methoxy groups -OCH3 is 1. The summed E-state index contributed by atoms with van der Waals surface area (Å²) in [6, 6.07) is 9.82. The summed E-state index contributed by atoms with van der Waals surface area (Å²) >= 11 is 0. The largest absolute Gasteiger partial charge is 0.489 e. The number of halogens is 1. The van der Waals surface area contributed by atoms with Gasteiger partial charge < -0.3 is 20.1 Å². The van der Waals surface area contributed by atoms with Gasteiger partial charge >= 0.3 is 0 Å². The number of rotatable bonds is 7. The minimum atomic E-state index is 0. The third kappa shape index (κ3) is 8.73. The first-order valence-electron chi connectivity index (χ1n) is 8.05. The van der Waals surface area contributed by atoms with E-state index in [1.807, 2.05) is 37.3 Å². The summed E-state index contributed by atoms with van der Waals surface area (Å²) in [6.45, 7) is 9.88. The topological polar surface area (TPSA) is 54.9 Å². The van der Waals surface area contributed by atoms with Crippen LogP contribution < -0.4 is 15.4 Å². The molecule has 2 N–H and O–H groups in total. The summed E-state index contributed by atoms with van der Waals surface area (Å²) in [4.78, 5) is 4.24. The Kier molecular flexibility index (Phi) is 11.0. The van der Waals surface area contributed by atoms with Gasteiger partial charge in [0.25, 0.3) is 0 Å². The molecule has 0 aliphatic rings. The van der Waals surface area contributed by atoms with E-state index in [-0.39, 0.29) is 41.6 Å². The summed E-state index contributed by atoms with van der Waals surface area (Å²) in [6.07, 6.45) is 0.149. The molecule has 1 aromatic carbocycles. The van der Waals surface area contributed by atoms with Crippen molar-refractivity contribution in [2.24, 2.45) is 10.4 Å².